The van der Waals surface area contributed by atoms with E-state index in [1.54, 1.807) is 0 Å². The molecule has 27 heavy (non-hydrogen) atoms. The van der Waals surface area contributed by atoms with E-state index < -0.39 is 8.07 Å². The summed E-state index contributed by atoms with van der Waals surface area (Å²) in [5, 5.41) is 9.39. The minimum atomic E-state index is -2.03. The number of hydrogen-bond donors (Lipinski definition) is 1. The normalized spacial score (nSPS) is 22.4. The van der Waals surface area contributed by atoms with Gasteiger partial charge in [-0.25, -0.2) is 0 Å². The van der Waals surface area contributed by atoms with E-state index in [4.69, 9.17) is 0 Å². The molecular weight excluding hydrogens is 344 g/mol. The summed E-state index contributed by atoms with van der Waals surface area (Å²) in [4.78, 5) is 0. The van der Waals surface area contributed by atoms with Crippen LogP contribution < -0.4 is 0 Å². The van der Waals surface area contributed by atoms with E-state index in [1.165, 1.54) is 33.4 Å². The van der Waals surface area contributed by atoms with Crippen molar-refractivity contribution in [2.45, 2.75) is 24.1 Å². The molecule has 0 spiro atoms. The minimum absolute atomic E-state index is 0.0973. The van der Waals surface area contributed by atoms with Crippen LogP contribution in [0.1, 0.15) is 39.3 Å². The summed E-state index contributed by atoms with van der Waals surface area (Å²) in [6.07, 6.45) is 1.95. The van der Waals surface area contributed by atoms with Gasteiger partial charge in [0.05, 0.1) is 14.7 Å². The minimum Gasteiger partial charge on any atom is -0.392 e. The molecule has 6 rings (SSSR count). The summed E-state index contributed by atoms with van der Waals surface area (Å²) in [6.45, 7) is 4.98. The SMILES string of the molecule is C[Si](C)(/C=C/CO)C12c3ccccc3C(c3ccccc31)c1ccccc12. The molecule has 0 saturated heterocycles. The van der Waals surface area contributed by atoms with Crippen molar-refractivity contribution in [3.63, 3.8) is 0 Å². The van der Waals surface area contributed by atoms with Crippen LogP contribution in [0, 0.1) is 0 Å². The maximum Gasteiger partial charge on any atom is 0.0927 e. The Morgan fingerprint density at radius 1 is 0.778 bits per heavy atom. The first-order valence-corrected chi connectivity index (χ1v) is 12.8. The van der Waals surface area contributed by atoms with Crippen LogP contribution in [0.25, 0.3) is 0 Å². The molecule has 3 aromatic rings. The van der Waals surface area contributed by atoms with Crippen molar-refractivity contribution in [3.05, 3.63) is 118 Å². The highest BCUT2D eigenvalue weighted by atomic mass is 28.3. The zero-order chi connectivity index (χ0) is 18.6. The van der Waals surface area contributed by atoms with E-state index >= 15 is 0 Å². The topological polar surface area (TPSA) is 20.2 Å². The van der Waals surface area contributed by atoms with Gasteiger partial charge in [-0.2, -0.15) is 0 Å². The van der Waals surface area contributed by atoms with E-state index in [2.05, 4.69) is 91.6 Å². The van der Waals surface area contributed by atoms with Crippen LogP contribution in [0.5, 0.6) is 0 Å². The third kappa shape index (κ3) is 1.97. The highest BCUT2D eigenvalue weighted by Gasteiger charge is 2.58. The first-order chi connectivity index (χ1) is 13.1. The maximum atomic E-state index is 9.52. The highest BCUT2D eigenvalue weighted by molar-refractivity contribution is 6.86. The predicted octanol–water partition coefficient (Wildman–Crippen LogP) is 5.16. The molecular formula is C25H24OSi. The number of benzene rings is 3. The average Bonchev–Trinajstić information content (AvgIpc) is 2.71. The number of aliphatic hydroxyl groups is 1. The second-order valence-corrected chi connectivity index (χ2v) is 12.8. The van der Waals surface area contributed by atoms with Crippen LogP contribution in [-0.4, -0.2) is 19.8 Å². The summed E-state index contributed by atoms with van der Waals surface area (Å²) in [7, 11) is -2.03. The van der Waals surface area contributed by atoms with Crippen molar-refractivity contribution in [2.24, 2.45) is 0 Å². The van der Waals surface area contributed by atoms with Gasteiger partial charge in [-0.15, -0.1) is 0 Å². The van der Waals surface area contributed by atoms with Gasteiger partial charge in [0.25, 0.3) is 0 Å². The average molecular weight is 369 g/mol. The molecule has 0 radical (unpaired) electrons. The Hall–Kier alpha value is -2.42. The lowest BCUT2D eigenvalue weighted by Gasteiger charge is -2.56. The van der Waals surface area contributed by atoms with Gasteiger partial charge in [0.1, 0.15) is 0 Å². The molecule has 0 aliphatic heterocycles. The fraction of sp³-hybridized carbons (Fsp3) is 0.200. The van der Waals surface area contributed by atoms with Crippen molar-refractivity contribution in [2.75, 3.05) is 6.61 Å². The fourth-order valence-corrected chi connectivity index (χ4v) is 9.43. The molecule has 0 aromatic heterocycles. The molecule has 1 nitrogen and oxygen atoms in total. The van der Waals surface area contributed by atoms with Gasteiger partial charge in [0.2, 0.25) is 0 Å². The molecule has 0 saturated carbocycles. The van der Waals surface area contributed by atoms with E-state index in [-0.39, 0.29) is 11.6 Å². The Kier molecular flexibility index (Phi) is 3.58. The quantitative estimate of drug-likeness (QED) is 0.633. The second kappa shape index (κ2) is 5.79. The fourth-order valence-electron chi connectivity index (χ4n) is 5.72. The van der Waals surface area contributed by atoms with Crippen LogP contribution in [0.15, 0.2) is 84.6 Å². The standard InChI is InChI=1S/C25H24OSi/c1-27(2,17-9-16-26)25-21-13-6-3-10-18(21)24(19-11-4-7-14-22(19)25)20-12-5-8-15-23(20)25/h3-15,17,24,26H,16H2,1-2H3/b17-9+. The third-order valence-corrected chi connectivity index (χ3v) is 10.4. The first-order valence-electron chi connectivity index (χ1n) is 9.69. The third-order valence-electron chi connectivity index (χ3n) is 6.63. The molecule has 0 amide bonds. The molecule has 0 fully saturated rings. The largest absolute Gasteiger partial charge is 0.392 e. The van der Waals surface area contributed by atoms with E-state index in [1.807, 2.05) is 6.08 Å². The molecule has 3 aliphatic rings. The molecule has 0 atom stereocenters. The molecule has 0 heterocycles. The maximum absolute atomic E-state index is 9.52. The van der Waals surface area contributed by atoms with Gasteiger partial charge < -0.3 is 5.11 Å². The summed E-state index contributed by atoms with van der Waals surface area (Å²) in [5.74, 6) is 0.321. The van der Waals surface area contributed by atoms with Gasteiger partial charge in [-0.3, -0.25) is 0 Å². The van der Waals surface area contributed by atoms with Gasteiger partial charge in [0.15, 0.2) is 0 Å². The van der Waals surface area contributed by atoms with Crippen LogP contribution >= 0.6 is 0 Å². The lowest BCUT2D eigenvalue weighted by Crippen LogP contribution is -2.58. The number of aliphatic hydroxyl groups excluding tert-OH is 1. The molecule has 0 unspecified atom stereocenters. The van der Waals surface area contributed by atoms with Gasteiger partial charge >= 0.3 is 0 Å². The number of rotatable bonds is 3. The van der Waals surface area contributed by atoms with Crippen LogP contribution in [0.4, 0.5) is 0 Å². The summed E-state index contributed by atoms with van der Waals surface area (Å²) in [6, 6.07) is 27.1. The lowest BCUT2D eigenvalue weighted by molar-refractivity contribution is 0.343. The second-order valence-electron chi connectivity index (χ2n) is 8.25. The zero-order valence-electron chi connectivity index (χ0n) is 15.8. The van der Waals surface area contributed by atoms with E-state index in [0.717, 1.165) is 0 Å². The Bertz CT molecular complexity index is 947. The summed E-state index contributed by atoms with van der Waals surface area (Å²) in [5.41, 5.74) is 11.1. The molecule has 2 bridgehead atoms. The van der Waals surface area contributed by atoms with Crippen molar-refractivity contribution in [1.29, 1.82) is 0 Å². The van der Waals surface area contributed by atoms with Crippen molar-refractivity contribution >= 4 is 8.07 Å². The zero-order valence-corrected chi connectivity index (χ0v) is 16.8. The Morgan fingerprint density at radius 3 is 1.59 bits per heavy atom. The Morgan fingerprint density at radius 2 is 1.19 bits per heavy atom. The lowest BCUT2D eigenvalue weighted by atomic mass is 9.60. The molecule has 134 valence electrons. The predicted molar refractivity (Wildman–Crippen MR) is 114 cm³/mol. The first kappa shape index (κ1) is 16.7. The van der Waals surface area contributed by atoms with E-state index in [9.17, 15) is 5.11 Å². The summed E-state index contributed by atoms with van der Waals surface area (Å²) >= 11 is 0. The Labute approximate surface area is 162 Å². The molecule has 3 aliphatic carbocycles. The molecule has 2 heteroatoms. The molecule has 3 aromatic carbocycles. The van der Waals surface area contributed by atoms with Crippen molar-refractivity contribution in [1.82, 2.24) is 0 Å². The van der Waals surface area contributed by atoms with Crippen LogP contribution in [-0.2, 0) is 5.04 Å². The summed E-state index contributed by atoms with van der Waals surface area (Å²) < 4.78 is 0. The van der Waals surface area contributed by atoms with Crippen molar-refractivity contribution < 1.29 is 5.11 Å². The van der Waals surface area contributed by atoms with Gasteiger partial charge in [-0.05, 0) is 33.4 Å². The van der Waals surface area contributed by atoms with Gasteiger partial charge in [-0.1, -0.05) is 97.7 Å². The number of hydrogen-bond acceptors (Lipinski definition) is 1. The van der Waals surface area contributed by atoms with E-state index in [0.29, 0.717) is 5.92 Å². The molecule has 1 N–H and O–H groups in total. The smallest absolute Gasteiger partial charge is 0.0927 e. The van der Waals surface area contributed by atoms with Crippen LogP contribution in [0.2, 0.25) is 13.1 Å². The monoisotopic (exact) mass is 368 g/mol. The van der Waals surface area contributed by atoms with Crippen molar-refractivity contribution in [3.8, 4) is 0 Å². The highest BCUT2D eigenvalue weighted by Crippen LogP contribution is 2.62. The van der Waals surface area contributed by atoms with Crippen LogP contribution in [0.3, 0.4) is 0 Å². The van der Waals surface area contributed by atoms with Gasteiger partial charge in [0, 0.05) is 11.0 Å². The Balaban J connectivity index is 1.98.